The van der Waals surface area contributed by atoms with Gasteiger partial charge in [0, 0.05) is 5.69 Å². The molecular formula is C35H30ClN3O6. The predicted molar refractivity (Wildman–Crippen MR) is 174 cm³/mol. The van der Waals surface area contributed by atoms with E-state index in [2.05, 4.69) is 5.32 Å². The number of hydrogen-bond acceptors (Lipinski definition) is 6. The molecule has 0 unspecified atom stereocenters. The molecule has 0 saturated carbocycles. The van der Waals surface area contributed by atoms with Crippen molar-refractivity contribution in [2.45, 2.75) is 20.8 Å². The number of ether oxygens (including phenoxy) is 2. The Bertz CT molecular complexity index is 1740. The van der Waals surface area contributed by atoms with Crippen molar-refractivity contribution in [1.82, 2.24) is 0 Å². The molecule has 5 rings (SSSR count). The second-order valence-electron chi connectivity index (χ2n) is 10.2. The predicted octanol–water partition coefficient (Wildman–Crippen LogP) is 6.96. The Kier molecular flexibility index (Phi) is 9.30. The van der Waals surface area contributed by atoms with Crippen LogP contribution in [0.2, 0.25) is 5.02 Å². The Morgan fingerprint density at radius 1 is 0.800 bits per heavy atom. The van der Waals surface area contributed by atoms with Gasteiger partial charge in [0.15, 0.2) is 18.1 Å². The molecule has 1 fully saturated rings. The number of barbiturate groups is 1. The summed E-state index contributed by atoms with van der Waals surface area (Å²) in [5, 5.41) is 2.89. The third-order valence-electron chi connectivity index (χ3n) is 7.06. The lowest BCUT2D eigenvalue weighted by Gasteiger charge is -2.34. The van der Waals surface area contributed by atoms with Crippen molar-refractivity contribution in [2.24, 2.45) is 0 Å². The van der Waals surface area contributed by atoms with E-state index in [9.17, 15) is 19.2 Å². The Morgan fingerprint density at radius 2 is 1.40 bits per heavy atom. The molecule has 10 heteroatoms. The van der Waals surface area contributed by atoms with E-state index in [1.807, 2.05) is 26.0 Å². The van der Waals surface area contributed by atoms with Gasteiger partial charge in [0.25, 0.3) is 17.7 Å². The van der Waals surface area contributed by atoms with E-state index in [1.54, 1.807) is 79.7 Å². The second kappa shape index (κ2) is 13.5. The van der Waals surface area contributed by atoms with Crippen molar-refractivity contribution in [3.63, 3.8) is 0 Å². The van der Waals surface area contributed by atoms with Gasteiger partial charge in [-0.3, -0.25) is 14.4 Å². The highest BCUT2D eigenvalue weighted by Gasteiger charge is 2.43. The first-order valence-corrected chi connectivity index (χ1v) is 14.6. The number of imide groups is 2. The summed E-state index contributed by atoms with van der Waals surface area (Å²) in [6, 6.07) is 24.6. The lowest BCUT2D eigenvalue weighted by atomic mass is 10.0. The normalized spacial score (nSPS) is 13.2. The maximum absolute atomic E-state index is 13.7. The number of nitrogens with one attached hydrogen (secondary N) is 1. The molecule has 0 atom stereocenters. The maximum atomic E-state index is 13.7. The average molecular weight is 624 g/mol. The van der Waals surface area contributed by atoms with Gasteiger partial charge < -0.3 is 14.8 Å². The molecule has 1 heterocycles. The van der Waals surface area contributed by atoms with E-state index < -0.39 is 23.8 Å². The second-order valence-corrected chi connectivity index (χ2v) is 10.6. The summed E-state index contributed by atoms with van der Waals surface area (Å²) in [6.45, 7) is 5.61. The Balaban J connectivity index is 1.46. The highest BCUT2D eigenvalue weighted by atomic mass is 35.5. The number of halogens is 1. The summed E-state index contributed by atoms with van der Waals surface area (Å²) < 4.78 is 11.5. The molecule has 5 amide bonds. The van der Waals surface area contributed by atoms with Gasteiger partial charge in [0.05, 0.1) is 23.0 Å². The van der Waals surface area contributed by atoms with Crippen LogP contribution in [0.4, 0.5) is 21.9 Å². The van der Waals surface area contributed by atoms with E-state index >= 15 is 0 Å². The van der Waals surface area contributed by atoms with Crippen LogP contribution in [0.3, 0.4) is 0 Å². The summed E-state index contributed by atoms with van der Waals surface area (Å²) in [7, 11) is 0. The molecule has 1 aliphatic heterocycles. The first kappa shape index (κ1) is 31.0. The van der Waals surface area contributed by atoms with Crippen LogP contribution < -0.4 is 24.6 Å². The number of rotatable bonds is 9. The van der Waals surface area contributed by atoms with Crippen molar-refractivity contribution in [2.75, 3.05) is 28.3 Å². The fourth-order valence-corrected chi connectivity index (χ4v) is 5.01. The molecule has 0 radical (unpaired) electrons. The van der Waals surface area contributed by atoms with Gasteiger partial charge in [-0.05, 0) is 92.1 Å². The molecule has 1 aliphatic rings. The third-order valence-corrected chi connectivity index (χ3v) is 7.34. The number of anilines is 3. The minimum Gasteiger partial charge on any atom is -0.490 e. The number of amides is 5. The molecule has 0 spiro atoms. The molecule has 45 heavy (non-hydrogen) atoms. The van der Waals surface area contributed by atoms with E-state index in [1.165, 1.54) is 12.1 Å². The fraction of sp³-hybridized carbons (Fsp3) is 0.143. The van der Waals surface area contributed by atoms with E-state index in [0.717, 1.165) is 20.9 Å². The molecule has 0 aromatic heterocycles. The van der Waals surface area contributed by atoms with Crippen molar-refractivity contribution in [3.05, 3.63) is 118 Å². The number of carbonyl (C=O) groups is 4. The van der Waals surface area contributed by atoms with E-state index in [-0.39, 0.29) is 35.3 Å². The van der Waals surface area contributed by atoms with Crippen LogP contribution in [0.25, 0.3) is 6.08 Å². The average Bonchev–Trinajstić information content (AvgIpc) is 3.02. The molecule has 0 bridgehead atoms. The smallest absolute Gasteiger partial charge is 0.343 e. The van der Waals surface area contributed by atoms with Crippen molar-refractivity contribution in [3.8, 4) is 11.5 Å². The molecule has 4 aromatic rings. The zero-order chi connectivity index (χ0) is 32.1. The van der Waals surface area contributed by atoms with Crippen molar-refractivity contribution in [1.29, 1.82) is 0 Å². The molecule has 1 saturated heterocycles. The number of urea groups is 1. The van der Waals surface area contributed by atoms with Crippen LogP contribution in [-0.4, -0.2) is 37.0 Å². The van der Waals surface area contributed by atoms with Gasteiger partial charge in [-0.2, -0.15) is 0 Å². The topological polar surface area (TPSA) is 105 Å². The molecule has 0 aliphatic carbocycles. The molecule has 9 nitrogen and oxygen atoms in total. The van der Waals surface area contributed by atoms with E-state index in [0.29, 0.717) is 22.6 Å². The van der Waals surface area contributed by atoms with Gasteiger partial charge in [-0.15, -0.1) is 0 Å². The van der Waals surface area contributed by atoms with Gasteiger partial charge in [0.2, 0.25) is 0 Å². The zero-order valence-electron chi connectivity index (χ0n) is 24.9. The highest BCUT2D eigenvalue weighted by molar-refractivity contribution is 6.46. The molecular weight excluding hydrogens is 594 g/mol. The van der Waals surface area contributed by atoms with Gasteiger partial charge in [-0.25, -0.2) is 14.6 Å². The number of benzene rings is 4. The van der Waals surface area contributed by atoms with Gasteiger partial charge >= 0.3 is 6.03 Å². The van der Waals surface area contributed by atoms with Gasteiger partial charge in [0.1, 0.15) is 5.57 Å². The maximum Gasteiger partial charge on any atom is 0.343 e. The number of hydrogen-bond donors (Lipinski definition) is 1. The van der Waals surface area contributed by atoms with Crippen LogP contribution in [0.1, 0.15) is 23.6 Å². The Morgan fingerprint density at radius 3 is 1.96 bits per heavy atom. The summed E-state index contributed by atoms with van der Waals surface area (Å²) in [6.07, 6.45) is 1.35. The quantitative estimate of drug-likeness (QED) is 0.160. The Hall–Kier alpha value is -5.41. The molecule has 228 valence electrons. The summed E-state index contributed by atoms with van der Waals surface area (Å²) in [4.78, 5) is 55.5. The van der Waals surface area contributed by atoms with Crippen LogP contribution in [-0.2, 0) is 14.4 Å². The number of nitrogens with zero attached hydrogens (tertiary/aromatic N) is 2. The molecule has 4 aromatic carbocycles. The highest BCUT2D eigenvalue weighted by Crippen LogP contribution is 2.38. The SMILES string of the molecule is CCOc1cc(C=C2C(=O)N(c3ccccc3)C(=O)N(c3ccccc3)C2=O)cc(Cl)c1OCC(=O)Nc1ccc(C)c(C)c1. The van der Waals surface area contributed by atoms with Crippen molar-refractivity contribution >= 4 is 58.5 Å². The third kappa shape index (κ3) is 6.73. The van der Waals surface area contributed by atoms with Crippen LogP contribution in [0, 0.1) is 13.8 Å². The lowest BCUT2D eigenvalue weighted by molar-refractivity contribution is -0.121. The first-order valence-electron chi connectivity index (χ1n) is 14.2. The minimum absolute atomic E-state index is 0.0957. The standard InChI is InChI=1S/C35H30ClN3O6/c1-4-44-30-20-24(19-29(36)32(30)45-21-31(40)37-25-16-15-22(2)23(3)17-25)18-28-33(41)38(26-11-7-5-8-12-26)35(43)39(34(28)42)27-13-9-6-10-14-27/h5-20H,4,21H2,1-3H3,(H,37,40). The fourth-order valence-electron chi connectivity index (χ4n) is 4.73. The monoisotopic (exact) mass is 623 g/mol. The first-order chi connectivity index (χ1) is 21.7. The summed E-state index contributed by atoms with van der Waals surface area (Å²) in [5.74, 6) is -1.64. The van der Waals surface area contributed by atoms with Crippen LogP contribution in [0.5, 0.6) is 11.5 Å². The van der Waals surface area contributed by atoms with Gasteiger partial charge in [-0.1, -0.05) is 54.1 Å². The summed E-state index contributed by atoms with van der Waals surface area (Å²) >= 11 is 6.60. The van der Waals surface area contributed by atoms with Crippen LogP contribution in [0.15, 0.2) is 96.6 Å². The number of para-hydroxylation sites is 2. The van der Waals surface area contributed by atoms with Crippen LogP contribution >= 0.6 is 11.6 Å². The number of carbonyl (C=O) groups excluding carboxylic acids is 4. The zero-order valence-corrected chi connectivity index (χ0v) is 25.6. The largest absolute Gasteiger partial charge is 0.490 e. The Labute approximate surface area is 265 Å². The lowest BCUT2D eigenvalue weighted by Crippen LogP contribution is -2.57. The minimum atomic E-state index is -0.796. The number of aryl methyl sites for hydroxylation is 2. The molecule has 1 N–H and O–H groups in total. The summed E-state index contributed by atoms with van der Waals surface area (Å²) in [5.41, 5.74) is 3.49. The van der Waals surface area contributed by atoms with Crippen molar-refractivity contribution < 1.29 is 28.7 Å². The van der Waals surface area contributed by atoms with E-state index in [4.69, 9.17) is 21.1 Å².